The minimum absolute atomic E-state index is 0.206. The molecule has 1 fully saturated rings. The van der Waals surface area contributed by atoms with Gasteiger partial charge < -0.3 is 0 Å². The number of fused-ring (bicyclic) bond motifs is 1. The van der Waals surface area contributed by atoms with E-state index in [1.165, 1.54) is 101 Å². The number of hydrogen-bond acceptors (Lipinski definition) is 0. The Bertz CT molecular complexity index is 1200. The fourth-order valence-electron chi connectivity index (χ4n) is 6.28. The van der Waals surface area contributed by atoms with E-state index < -0.39 is 0 Å². The zero-order valence-corrected chi connectivity index (χ0v) is 24.5. The number of rotatable bonds is 13. The molecule has 1 aliphatic rings. The van der Waals surface area contributed by atoms with Crippen molar-refractivity contribution < 1.29 is 4.39 Å². The number of hydrogen-bond donors (Lipinski definition) is 0. The zero-order valence-electron chi connectivity index (χ0n) is 24.5. The van der Waals surface area contributed by atoms with Crippen LogP contribution in [0.3, 0.4) is 0 Å². The maximum absolute atomic E-state index is 15.2. The summed E-state index contributed by atoms with van der Waals surface area (Å²) >= 11 is 0. The van der Waals surface area contributed by atoms with Gasteiger partial charge in [0.1, 0.15) is 5.82 Å². The zero-order chi connectivity index (χ0) is 27.3. The highest BCUT2D eigenvalue weighted by molar-refractivity contribution is 5.85. The van der Waals surface area contributed by atoms with Crippen molar-refractivity contribution in [2.75, 3.05) is 0 Å². The second-order valence-corrected chi connectivity index (χ2v) is 12.0. The van der Waals surface area contributed by atoms with E-state index in [9.17, 15) is 0 Å². The average molecular weight is 525 g/mol. The molecule has 0 heterocycles. The third-order valence-electron chi connectivity index (χ3n) is 8.91. The molecule has 1 saturated carbocycles. The molecule has 0 nitrogen and oxygen atoms in total. The standard InChI is InChI=1S/C38H49F/c1-3-5-7-8-10-11-30-13-15-31(16-14-30)17-18-32-19-21-33(22-20-32)23-25-35-26-27-36-29-34(12-9-6-4-2)24-28-37(36)38(35)39/h19-22,24,26-31H,3-18H2,1-2H3. The van der Waals surface area contributed by atoms with Gasteiger partial charge in [0.2, 0.25) is 0 Å². The van der Waals surface area contributed by atoms with Gasteiger partial charge >= 0.3 is 0 Å². The van der Waals surface area contributed by atoms with E-state index in [4.69, 9.17) is 0 Å². The summed E-state index contributed by atoms with van der Waals surface area (Å²) in [4.78, 5) is 0. The molecule has 4 rings (SSSR count). The molecule has 1 aliphatic carbocycles. The minimum atomic E-state index is -0.206. The molecule has 208 valence electrons. The summed E-state index contributed by atoms with van der Waals surface area (Å²) in [6, 6.07) is 18.6. The number of aryl methyl sites for hydroxylation is 2. The number of unbranched alkanes of at least 4 members (excludes halogenated alkanes) is 6. The van der Waals surface area contributed by atoms with Crippen molar-refractivity contribution in [2.24, 2.45) is 11.8 Å². The fourth-order valence-corrected chi connectivity index (χ4v) is 6.28. The lowest BCUT2D eigenvalue weighted by Gasteiger charge is -2.28. The largest absolute Gasteiger partial charge is 0.205 e. The smallest absolute Gasteiger partial charge is 0.146 e. The van der Waals surface area contributed by atoms with Gasteiger partial charge in [-0.1, -0.05) is 139 Å². The molecule has 39 heavy (non-hydrogen) atoms. The van der Waals surface area contributed by atoms with Crippen molar-refractivity contribution >= 4 is 10.8 Å². The third-order valence-corrected chi connectivity index (χ3v) is 8.91. The minimum Gasteiger partial charge on any atom is -0.205 e. The van der Waals surface area contributed by atoms with Crippen LogP contribution < -0.4 is 0 Å². The molecule has 3 aromatic carbocycles. The molecular formula is C38H49F. The van der Waals surface area contributed by atoms with Crippen molar-refractivity contribution in [1.29, 1.82) is 0 Å². The van der Waals surface area contributed by atoms with Crippen molar-refractivity contribution in [1.82, 2.24) is 0 Å². The molecule has 0 unspecified atom stereocenters. The maximum Gasteiger partial charge on any atom is 0.146 e. The van der Waals surface area contributed by atoms with E-state index in [0.717, 1.165) is 35.6 Å². The molecule has 0 atom stereocenters. The summed E-state index contributed by atoms with van der Waals surface area (Å²) in [7, 11) is 0. The Kier molecular flexibility index (Phi) is 12.0. The van der Waals surface area contributed by atoms with Crippen LogP contribution in [0.15, 0.2) is 54.6 Å². The van der Waals surface area contributed by atoms with Crippen LogP contribution in [0.1, 0.15) is 126 Å². The first-order valence-corrected chi connectivity index (χ1v) is 16.0. The van der Waals surface area contributed by atoms with Crippen LogP contribution in [0.25, 0.3) is 10.8 Å². The van der Waals surface area contributed by atoms with Gasteiger partial charge in [0.25, 0.3) is 0 Å². The first-order valence-electron chi connectivity index (χ1n) is 16.0. The molecule has 0 N–H and O–H groups in total. The Morgan fingerprint density at radius 2 is 1.31 bits per heavy atom. The fraction of sp³-hybridized carbons (Fsp3) is 0.526. The van der Waals surface area contributed by atoms with Crippen LogP contribution in [0.2, 0.25) is 0 Å². The van der Waals surface area contributed by atoms with Crippen molar-refractivity contribution in [2.45, 2.75) is 117 Å². The quantitative estimate of drug-likeness (QED) is 0.154. The van der Waals surface area contributed by atoms with Crippen LogP contribution in [0.5, 0.6) is 0 Å². The summed E-state index contributed by atoms with van der Waals surface area (Å²) in [6.07, 6.45) is 21.4. The molecule has 0 amide bonds. The van der Waals surface area contributed by atoms with Crippen molar-refractivity contribution in [3.8, 4) is 11.8 Å². The van der Waals surface area contributed by atoms with E-state index in [1.807, 2.05) is 18.2 Å². The monoisotopic (exact) mass is 524 g/mol. The van der Waals surface area contributed by atoms with Crippen LogP contribution >= 0.6 is 0 Å². The Labute approximate surface area is 237 Å². The van der Waals surface area contributed by atoms with Gasteiger partial charge in [-0.25, -0.2) is 4.39 Å². The second-order valence-electron chi connectivity index (χ2n) is 12.0. The molecule has 0 aliphatic heterocycles. The number of halogens is 1. The van der Waals surface area contributed by atoms with E-state index in [0.29, 0.717) is 10.9 Å². The van der Waals surface area contributed by atoms with Crippen LogP contribution in [-0.2, 0) is 12.8 Å². The molecular weight excluding hydrogens is 475 g/mol. The molecule has 0 bridgehead atoms. The van der Waals surface area contributed by atoms with E-state index in [2.05, 4.69) is 62.1 Å². The highest BCUT2D eigenvalue weighted by Gasteiger charge is 2.20. The third kappa shape index (κ3) is 9.24. The lowest BCUT2D eigenvalue weighted by Crippen LogP contribution is -2.15. The Hall–Kier alpha value is -2.59. The van der Waals surface area contributed by atoms with Gasteiger partial charge in [0.15, 0.2) is 0 Å². The first-order chi connectivity index (χ1) is 19.2. The first kappa shape index (κ1) is 29.4. The molecule has 3 aromatic rings. The Morgan fingerprint density at radius 1 is 0.641 bits per heavy atom. The van der Waals surface area contributed by atoms with Gasteiger partial charge in [-0.15, -0.1) is 0 Å². The normalized spacial score (nSPS) is 17.2. The molecule has 0 saturated heterocycles. The van der Waals surface area contributed by atoms with E-state index in [1.54, 1.807) is 0 Å². The van der Waals surface area contributed by atoms with Crippen molar-refractivity contribution in [3.63, 3.8) is 0 Å². The predicted octanol–water partition coefficient (Wildman–Crippen LogP) is 11.2. The van der Waals surface area contributed by atoms with Crippen molar-refractivity contribution in [3.05, 3.63) is 82.7 Å². The highest BCUT2D eigenvalue weighted by Crippen LogP contribution is 2.34. The van der Waals surface area contributed by atoms with E-state index >= 15 is 4.39 Å². The van der Waals surface area contributed by atoms with Gasteiger partial charge in [-0.05, 0) is 72.2 Å². The summed E-state index contributed by atoms with van der Waals surface area (Å²) in [5, 5.41) is 1.63. The maximum atomic E-state index is 15.2. The van der Waals surface area contributed by atoms with Gasteiger partial charge in [0.05, 0.1) is 5.56 Å². The molecule has 0 aromatic heterocycles. The lowest BCUT2D eigenvalue weighted by atomic mass is 9.77. The van der Waals surface area contributed by atoms with Crippen LogP contribution in [0.4, 0.5) is 4.39 Å². The molecule has 0 radical (unpaired) electrons. The summed E-state index contributed by atoms with van der Waals surface area (Å²) in [5.41, 5.74) is 4.10. The van der Waals surface area contributed by atoms with E-state index in [-0.39, 0.29) is 5.82 Å². The average Bonchev–Trinajstić information content (AvgIpc) is 2.97. The van der Waals surface area contributed by atoms with Gasteiger partial charge in [-0.3, -0.25) is 0 Å². The van der Waals surface area contributed by atoms with Gasteiger partial charge in [0, 0.05) is 10.9 Å². The summed E-state index contributed by atoms with van der Waals surface area (Å²) in [6.45, 7) is 4.51. The topological polar surface area (TPSA) is 0 Å². The lowest BCUT2D eigenvalue weighted by molar-refractivity contribution is 0.248. The highest BCUT2D eigenvalue weighted by atomic mass is 19.1. The summed E-state index contributed by atoms with van der Waals surface area (Å²) < 4.78 is 15.2. The summed E-state index contributed by atoms with van der Waals surface area (Å²) in [5.74, 6) is 7.95. The predicted molar refractivity (Wildman–Crippen MR) is 167 cm³/mol. The SMILES string of the molecule is CCCCCCCC1CCC(CCc2ccc(C#Cc3ccc4cc(CCCCC)ccc4c3F)cc2)CC1. The Morgan fingerprint density at radius 3 is 2.05 bits per heavy atom. The molecule has 1 heteroatoms. The second kappa shape index (κ2) is 15.9. The Balaban J connectivity index is 1.24. The van der Waals surface area contributed by atoms with Crippen LogP contribution in [0, 0.1) is 29.5 Å². The number of benzene rings is 3. The van der Waals surface area contributed by atoms with Gasteiger partial charge in [-0.2, -0.15) is 0 Å². The van der Waals surface area contributed by atoms with Crippen LogP contribution in [-0.4, -0.2) is 0 Å². The molecule has 0 spiro atoms.